The Morgan fingerprint density at radius 1 is 1.12 bits per heavy atom. The number of rotatable bonds is 8. The van der Waals surface area contributed by atoms with Gasteiger partial charge in [0.25, 0.3) is 0 Å². The summed E-state index contributed by atoms with van der Waals surface area (Å²) >= 11 is 1.81. The number of benzene rings is 1. The van der Waals surface area contributed by atoms with E-state index >= 15 is 0 Å². The Balaban J connectivity index is 2.21. The smallest absolute Gasteiger partial charge is 0.335 e. The van der Waals surface area contributed by atoms with Crippen molar-refractivity contribution in [1.29, 1.82) is 0 Å². The normalized spacial score (nSPS) is 10.4. The molecule has 0 spiro atoms. The largest absolute Gasteiger partial charge is 0.478 e. The molecule has 0 radical (unpaired) electrons. The standard InChI is InChI=1S/C14H20O2S/c1-2-3-4-5-6-11-17-13-9-7-12(8-10-13)14(15)16/h7-10H,2-6,11H2,1H3,(H,15,16). The first-order chi connectivity index (χ1) is 8.24. The van der Waals surface area contributed by atoms with Crippen LogP contribution in [0.25, 0.3) is 0 Å². The Labute approximate surface area is 107 Å². The molecule has 1 aromatic carbocycles. The average Bonchev–Trinajstić information content (AvgIpc) is 2.34. The average molecular weight is 252 g/mol. The van der Waals surface area contributed by atoms with Crippen LogP contribution in [0.4, 0.5) is 0 Å². The van der Waals surface area contributed by atoms with Gasteiger partial charge in [0.1, 0.15) is 0 Å². The molecular weight excluding hydrogens is 232 g/mol. The van der Waals surface area contributed by atoms with Crippen LogP contribution in [0.3, 0.4) is 0 Å². The number of unbranched alkanes of at least 4 members (excludes halogenated alkanes) is 4. The van der Waals surface area contributed by atoms with E-state index in [9.17, 15) is 4.79 Å². The molecule has 0 aromatic heterocycles. The van der Waals surface area contributed by atoms with Crippen molar-refractivity contribution in [2.75, 3.05) is 5.75 Å². The van der Waals surface area contributed by atoms with Crippen LogP contribution in [0.5, 0.6) is 0 Å². The molecule has 1 rings (SSSR count). The summed E-state index contributed by atoms with van der Waals surface area (Å²) in [5, 5.41) is 8.77. The van der Waals surface area contributed by atoms with Gasteiger partial charge in [-0.25, -0.2) is 4.79 Å². The van der Waals surface area contributed by atoms with Crippen molar-refractivity contribution >= 4 is 17.7 Å². The Morgan fingerprint density at radius 2 is 1.76 bits per heavy atom. The quantitative estimate of drug-likeness (QED) is 0.548. The summed E-state index contributed by atoms with van der Waals surface area (Å²) in [4.78, 5) is 11.8. The lowest BCUT2D eigenvalue weighted by Gasteiger charge is -2.02. The van der Waals surface area contributed by atoms with Crippen molar-refractivity contribution in [3.8, 4) is 0 Å². The summed E-state index contributed by atoms with van der Waals surface area (Å²) in [5.74, 6) is 0.261. The predicted octanol–water partition coefficient (Wildman–Crippen LogP) is 4.45. The fraction of sp³-hybridized carbons (Fsp3) is 0.500. The molecule has 0 bridgehead atoms. The molecule has 0 aliphatic carbocycles. The van der Waals surface area contributed by atoms with Gasteiger partial charge in [0.05, 0.1) is 5.56 Å². The molecule has 0 unspecified atom stereocenters. The summed E-state index contributed by atoms with van der Waals surface area (Å²) in [5.41, 5.74) is 0.359. The van der Waals surface area contributed by atoms with E-state index in [0.29, 0.717) is 5.56 Å². The fourth-order valence-electron chi connectivity index (χ4n) is 1.59. The van der Waals surface area contributed by atoms with Crippen molar-refractivity contribution in [2.24, 2.45) is 0 Å². The van der Waals surface area contributed by atoms with Crippen LogP contribution in [0.2, 0.25) is 0 Å². The minimum Gasteiger partial charge on any atom is -0.478 e. The second-order valence-electron chi connectivity index (χ2n) is 4.09. The molecule has 2 nitrogen and oxygen atoms in total. The third kappa shape index (κ3) is 5.78. The molecule has 1 N–H and O–H groups in total. The Bertz CT molecular complexity index is 333. The summed E-state index contributed by atoms with van der Waals surface area (Å²) in [6, 6.07) is 7.11. The minimum absolute atomic E-state index is 0.359. The van der Waals surface area contributed by atoms with E-state index in [1.165, 1.54) is 32.1 Å². The van der Waals surface area contributed by atoms with Gasteiger partial charge in [-0.1, -0.05) is 32.6 Å². The van der Waals surface area contributed by atoms with Crippen LogP contribution in [0.15, 0.2) is 29.2 Å². The maximum atomic E-state index is 10.7. The molecule has 0 atom stereocenters. The topological polar surface area (TPSA) is 37.3 Å². The lowest BCUT2D eigenvalue weighted by Crippen LogP contribution is -1.94. The summed E-state index contributed by atoms with van der Waals surface area (Å²) < 4.78 is 0. The summed E-state index contributed by atoms with van der Waals surface area (Å²) in [7, 11) is 0. The minimum atomic E-state index is -0.860. The van der Waals surface area contributed by atoms with Gasteiger partial charge in [0.15, 0.2) is 0 Å². The number of hydrogen-bond donors (Lipinski definition) is 1. The van der Waals surface area contributed by atoms with Crippen molar-refractivity contribution in [3.63, 3.8) is 0 Å². The first kappa shape index (κ1) is 14.1. The fourth-order valence-corrected chi connectivity index (χ4v) is 2.50. The monoisotopic (exact) mass is 252 g/mol. The number of thioether (sulfide) groups is 1. The molecular formula is C14H20O2S. The molecule has 0 fully saturated rings. The third-order valence-electron chi connectivity index (χ3n) is 2.62. The van der Waals surface area contributed by atoms with Crippen molar-refractivity contribution in [1.82, 2.24) is 0 Å². The number of carbonyl (C=O) groups is 1. The molecule has 0 saturated heterocycles. The van der Waals surface area contributed by atoms with Gasteiger partial charge in [-0.3, -0.25) is 0 Å². The number of carboxylic acid groups (broad SMARTS) is 1. The first-order valence-electron chi connectivity index (χ1n) is 6.20. The summed E-state index contributed by atoms with van der Waals surface area (Å²) in [6.07, 6.45) is 6.48. The molecule has 0 saturated carbocycles. The zero-order chi connectivity index (χ0) is 12.5. The van der Waals surface area contributed by atoms with E-state index < -0.39 is 5.97 Å². The van der Waals surface area contributed by atoms with Gasteiger partial charge in [0.2, 0.25) is 0 Å². The molecule has 1 aromatic rings. The van der Waals surface area contributed by atoms with Crippen molar-refractivity contribution in [3.05, 3.63) is 29.8 Å². The molecule has 94 valence electrons. The van der Waals surface area contributed by atoms with Crippen LogP contribution in [0.1, 0.15) is 49.4 Å². The van der Waals surface area contributed by atoms with Crippen LogP contribution >= 0.6 is 11.8 Å². The molecule has 0 amide bonds. The van der Waals surface area contributed by atoms with Gasteiger partial charge in [-0.2, -0.15) is 0 Å². The second kappa shape index (κ2) is 8.18. The van der Waals surface area contributed by atoms with Gasteiger partial charge in [0, 0.05) is 4.90 Å². The third-order valence-corrected chi connectivity index (χ3v) is 3.72. The van der Waals surface area contributed by atoms with Gasteiger partial charge >= 0.3 is 5.97 Å². The van der Waals surface area contributed by atoms with Crippen LogP contribution in [-0.4, -0.2) is 16.8 Å². The maximum absolute atomic E-state index is 10.7. The number of carboxylic acids is 1. The number of aromatic carboxylic acids is 1. The van der Waals surface area contributed by atoms with E-state index in [1.54, 1.807) is 23.9 Å². The second-order valence-corrected chi connectivity index (χ2v) is 5.26. The van der Waals surface area contributed by atoms with E-state index in [2.05, 4.69) is 6.92 Å². The molecule has 0 aliphatic heterocycles. The highest BCUT2D eigenvalue weighted by Gasteiger charge is 2.01. The highest BCUT2D eigenvalue weighted by atomic mass is 32.2. The highest BCUT2D eigenvalue weighted by molar-refractivity contribution is 7.99. The van der Waals surface area contributed by atoms with Gasteiger partial charge in [-0.05, 0) is 36.4 Å². The summed E-state index contributed by atoms with van der Waals surface area (Å²) in [6.45, 7) is 2.22. The lowest BCUT2D eigenvalue weighted by atomic mass is 10.2. The van der Waals surface area contributed by atoms with Crippen LogP contribution in [-0.2, 0) is 0 Å². The predicted molar refractivity (Wildman–Crippen MR) is 72.9 cm³/mol. The van der Waals surface area contributed by atoms with Gasteiger partial charge < -0.3 is 5.11 Å². The van der Waals surface area contributed by atoms with Crippen LogP contribution < -0.4 is 0 Å². The number of hydrogen-bond acceptors (Lipinski definition) is 2. The molecule has 0 aliphatic rings. The van der Waals surface area contributed by atoms with E-state index in [-0.39, 0.29) is 0 Å². The van der Waals surface area contributed by atoms with Gasteiger partial charge in [-0.15, -0.1) is 11.8 Å². The van der Waals surface area contributed by atoms with E-state index in [1.807, 2.05) is 12.1 Å². The Hall–Kier alpha value is -0.960. The maximum Gasteiger partial charge on any atom is 0.335 e. The van der Waals surface area contributed by atoms with Crippen LogP contribution in [0, 0.1) is 0 Å². The SMILES string of the molecule is CCCCCCCSc1ccc(C(=O)O)cc1. The first-order valence-corrected chi connectivity index (χ1v) is 7.18. The molecule has 3 heteroatoms. The Morgan fingerprint density at radius 3 is 2.35 bits per heavy atom. The van der Waals surface area contributed by atoms with E-state index in [4.69, 9.17) is 5.11 Å². The van der Waals surface area contributed by atoms with Crippen molar-refractivity contribution < 1.29 is 9.90 Å². The van der Waals surface area contributed by atoms with E-state index in [0.717, 1.165) is 10.6 Å². The molecule has 17 heavy (non-hydrogen) atoms. The van der Waals surface area contributed by atoms with Crippen molar-refractivity contribution in [2.45, 2.75) is 43.9 Å². The zero-order valence-electron chi connectivity index (χ0n) is 10.3. The zero-order valence-corrected chi connectivity index (χ0v) is 11.1. The molecule has 0 heterocycles. The Kier molecular flexibility index (Phi) is 6.78. The highest BCUT2D eigenvalue weighted by Crippen LogP contribution is 2.20. The lowest BCUT2D eigenvalue weighted by molar-refractivity contribution is 0.0697.